The van der Waals surface area contributed by atoms with E-state index < -0.39 is 0 Å². The van der Waals surface area contributed by atoms with Gasteiger partial charge in [0.25, 0.3) is 0 Å². The third-order valence-electron chi connectivity index (χ3n) is 1.67. The Morgan fingerprint density at radius 2 is 2.25 bits per heavy atom. The van der Waals surface area contributed by atoms with Crippen LogP contribution < -0.4 is 5.90 Å². The van der Waals surface area contributed by atoms with Gasteiger partial charge in [-0.15, -0.1) is 10.2 Å². The Balaban J connectivity index is 2.80. The molecule has 1 heterocycles. The fourth-order valence-corrected chi connectivity index (χ4v) is 1.12. The molecular weight excluding hydrogens is 156 g/mol. The lowest BCUT2D eigenvalue weighted by molar-refractivity contribution is 0.115. The highest BCUT2D eigenvalue weighted by Gasteiger charge is 2.06. The Morgan fingerprint density at radius 1 is 1.50 bits per heavy atom. The minimum absolute atomic E-state index is 0.320. The first kappa shape index (κ1) is 9.15. The summed E-state index contributed by atoms with van der Waals surface area (Å²) in [5.41, 5.74) is 0. The SMILES string of the molecule is CCCn1c(C)nnc1CON. The van der Waals surface area contributed by atoms with E-state index in [0.29, 0.717) is 6.61 Å². The van der Waals surface area contributed by atoms with Crippen LogP contribution >= 0.6 is 0 Å². The third kappa shape index (κ3) is 1.80. The van der Waals surface area contributed by atoms with Crippen molar-refractivity contribution in [2.45, 2.75) is 33.4 Å². The first-order valence-electron chi connectivity index (χ1n) is 4.00. The lowest BCUT2D eigenvalue weighted by Gasteiger charge is -2.04. The highest BCUT2D eigenvalue weighted by atomic mass is 16.6. The Bertz CT molecular complexity index is 246. The van der Waals surface area contributed by atoms with Gasteiger partial charge in [-0.1, -0.05) is 6.92 Å². The Kier molecular flexibility index (Phi) is 3.19. The molecule has 0 atom stereocenters. The van der Waals surface area contributed by atoms with E-state index in [-0.39, 0.29) is 0 Å². The second-order valence-electron chi connectivity index (χ2n) is 2.63. The maximum atomic E-state index is 4.95. The molecule has 12 heavy (non-hydrogen) atoms. The zero-order chi connectivity index (χ0) is 8.97. The largest absolute Gasteiger partial charge is 0.313 e. The van der Waals surface area contributed by atoms with Crippen molar-refractivity contribution in [2.75, 3.05) is 0 Å². The summed E-state index contributed by atoms with van der Waals surface area (Å²) in [6.45, 7) is 5.26. The molecule has 0 aliphatic carbocycles. The second-order valence-corrected chi connectivity index (χ2v) is 2.63. The standard InChI is InChI=1S/C7H14N4O/c1-3-4-11-6(2)9-10-7(11)5-12-8/h3-5,8H2,1-2H3. The van der Waals surface area contributed by atoms with Gasteiger partial charge < -0.3 is 4.57 Å². The van der Waals surface area contributed by atoms with E-state index in [4.69, 9.17) is 5.90 Å². The van der Waals surface area contributed by atoms with Crippen molar-refractivity contribution in [3.63, 3.8) is 0 Å². The molecule has 0 radical (unpaired) electrons. The van der Waals surface area contributed by atoms with Crippen LogP contribution in [-0.4, -0.2) is 14.8 Å². The number of aromatic nitrogens is 3. The summed E-state index contributed by atoms with van der Waals surface area (Å²) in [6, 6.07) is 0. The lowest BCUT2D eigenvalue weighted by Crippen LogP contribution is -2.09. The molecule has 2 N–H and O–H groups in total. The van der Waals surface area contributed by atoms with Crippen LogP contribution in [0.15, 0.2) is 0 Å². The highest BCUT2D eigenvalue weighted by Crippen LogP contribution is 2.02. The smallest absolute Gasteiger partial charge is 0.161 e. The monoisotopic (exact) mass is 170 g/mol. The highest BCUT2D eigenvalue weighted by molar-refractivity contribution is 4.92. The fourth-order valence-electron chi connectivity index (χ4n) is 1.12. The van der Waals surface area contributed by atoms with Gasteiger partial charge in [-0.05, 0) is 13.3 Å². The van der Waals surface area contributed by atoms with Gasteiger partial charge in [-0.25, -0.2) is 5.90 Å². The Labute approximate surface area is 71.5 Å². The molecule has 0 aliphatic heterocycles. The van der Waals surface area contributed by atoms with Crippen LogP contribution in [0.25, 0.3) is 0 Å². The minimum atomic E-state index is 0.320. The summed E-state index contributed by atoms with van der Waals surface area (Å²) in [5, 5.41) is 7.86. The van der Waals surface area contributed by atoms with Crippen LogP contribution in [0.5, 0.6) is 0 Å². The molecule has 1 rings (SSSR count). The average molecular weight is 170 g/mol. The van der Waals surface area contributed by atoms with Crippen LogP contribution in [0.2, 0.25) is 0 Å². The molecule has 0 saturated heterocycles. The molecule has 0 aliphatic rings. The summed E-state index contributed by atoms with van der Waals surface area (Å²) < 4.78 is 2.01. The number of hydrogen-bond donors (Lipinski definition) is 1. The van der Waals surface area contributed by atoms with Crippen LogP contribution in [0.1, 0.15) is 25.0 Å². The van der Waals surface area contributed by atoms with Gasteiger partial charge in [0.15, 0.2) is 5.82 Å². The molecule has 0 amide bonds. The minimum Gasteiger partial charge on any atom is -0.313 e. The van der Waals surface area contributed by atoms with Gasteiger partial charge in [0, 0.05) is 6.54 Å². The topological polar surface area (TPSA) is 66.0 Å². The summed E-state index contributed by atoms with van der Waals surface area (Å²) >= 11 is 0. The van der Waals surface area contributed by atoms with E-state index in [2.05, 4.69) is 22.0 Å². The molecule has 0 fully saturated rings. The first-order valence-corrected chi connectivity index (χ1v) is 4.00. The van der Waals surface area contributed by atoms with Crippen LogP contribution in [-0.2, 0) is 18.0 Å². The maximum Gasteiger partial charge on any atom is 0.161 e. The molecule has 68 valence electrons. The Hall–Kier alpha value is -0.940. The van der Waals surface area contributed by atoms with Gasteiger partial charge >= 0.3 is 0 Å². The van der Waals surface area contributed by atoms with Crippen molar-refractivity contribution in [3.05, 3.63) is 11.6 Å². The molecule has 1 aromatic heterocycles. The predicted molar refractivity (Wildman–Crippen MR) is 44.0 cm³/mol. The van der Waals surface area contributed by atoms with Crippen molar-refractivity contribution in [1.29, 1.82) is 0 Å². The van der Waals surface area contributed by atoms with Crippen molar-refractivity contribution >= 4 is 0 Å². The number of nitrogens with two attached hydrogens (primary N) is 1. The zero-order valence-electron chi connectivity index (χ0n) is 7.45. The van der Waals surface area contributed by atoms with E-state index >= 15 is 0 Å². The number of nitrogens with zero attached hydrogens (tertiary/aromatic N) is 3. The molecule has 0 bridgehead atoms. The maximum absolute atomic E-state index is 4.95. The van der Waals surface area contributed by atoms with Gasteiger partial charge in [-0.2, -0.15) is 0 Å². The summed E-state index contributed by atoms with van der Waals surface area (Å²) in [6.07, 6.45) is 1.05. The van der Waals surface area contributed by atoms with Crippen LogP contribution in [0, 0.1) is 6.92 Å². The van der Waals surface area contributed by atoms with Crippen molar-refractivity contribution in [2.24, 2.45) is 5.90 Å². The first-order chi connectivity index (χ1) is 5.79. The van der Waals surface area contributed by atoms with E-state index in [1.807, 2.05) is 11.5 Å². The van der Waals surface area contributed by atoms with Crippen molar-refractivity contribution in [3.8, 4) is 0 Å². The quantitative estimate of drug-likeness (QED) is 0.664. The summed E-state index contributed by atoms with van der Waals surface area (Å²) in [5.74, 6) is 6.65. The van der Waals surface area contributed by atoms with E-state index in [1.165, 1.54) is 0 Å². The third-order valence-corrected chi connectivity index (χ3v) is 1.67. The molecule has 5 heteroatoms. The van der Waals surface area contributed by atoms with Gasteiger partial charge in [0.2, 0.25) is 0 Å². The summed E-state index contributed by atoms with van der Waals surface area (Å²) in [7, 11) is 0. The molecule has 0 spiro atoms. The molecule has 5 nitrogen and oxygen atoms in total. The summed E-state index contributed by atoms with van der Waals surface area (Å²) in [4.78, 5) is 4.50. The number of rotatable bonds is 4. The van der Waals surface area contributed by atoms with Crippen LogP contribution in [0.4, 0.5) is 0 Å². The second kappa shape index (κ2) is 4.18. The molecule has 0 unspecified atom stereocenters. The fraction of sp³-hybridized carbons (Fsp3) is 0.714. The molecule has 1 aromatic rings. The van der Waals surface area contributed by atoms with Gasteiger partial charge in [0.1, 0.15) is 12.4 Å². The lowest BCUT2D eigenvalue weighted by atomic mass is 10.4. The predicted octanol–water partition coefficient (Wildman–Crippen LogP) is 0.387. The van der Waals surface area contributed by atoms with Gasteiger partial charge in [0.05, 0.1) is 0 Å². The van der Waals surface area contributed by atoms with Crippen LogP contribution in [0.3, 0.4) is 0 Å². The molecule has 0 aromatic carbocycles. The van der Waals surface area contributed by atoms with Gasteiger partial charge in [-0.3, -0.25) is 4.84 Å². The molecular formula is C7H14N4O. The van der Waals surface area contributed by atoms with E-state index in [9.17, 15) is 0 Å². The van der Waals surface area contributed by atoms with Crippen molar-refractivity contribution in [1.82, 2.24) is 14.8 Å². The zero-order valence-corrected chi connectivity index (χ0v) is 7.45. The Morgan fingerprint density at radius 3 is 2.83 bits per heavy atom. The average Bonchev–Trinajstić information content (AvgIpc) is 2.37. The number of aryl methyl sites for hydroxylation is 1. The van der Waals surface area contributed by atoms with E-state index in [0.717, 1.165) is 24.6 Å². The van der Waals surface area contributed by atoms with E-state index in [1.54, 1.807) is 0 Å². The van der Waals surface area contributed by atoms with Crippen molar-refractivity contribution < 1.29 is 4.84 Å². The normalized spacial score (nSPS) is 10.6. The number of hydrogen-bond acceptors (Lipinski definition) is 4. The molecule has 0 saturated carbocycles.